The van der Waals surface area contributed by atoms with Gasteiger partial charge in [0.2, 0.25) is 5.88 Å². The Morgan fingerprint density at radius 1 is 1.50 bits per heavy atom. The Labute approximate surface area is 129 Å². The maximum atomic E-state index is 12.0. The number of aliphatic hydroxyl groups is 1. The molecule has 0 aliphatic heterocycles. The van der Waals surface area contributed by atoms with Crippen LogP contribution in [0, 0.1) is 0 Å². The van der Waals surface area contributed by atoms with Crippen LogP contribution in [0.25, 0.3) is 0 Å². The second-order valence-corrected chi connectivity index (χ2v) is 5.58. The molecule has 0 bridgehead atoms. The molecule has 0 atom stereocenters. The van der Waals surface area contributed by atoms with Gasteiger partial charge in [-0.25, -0.2) is 4.98 Å². The van der Waals surface area contributed by atoms with E-state index in [2.05, 4.69) is 15.0 Å². The van der Waals surface area contributed by atoms with Crippen molar-refractivity contribution in [1.82, 2.24) is 10.3 Å². The first-order valence-electron chi connectivity index (χ1n) is 6.54. The molecule has 1 aromatic rings. The van der Waals surface area contributed by atoms with Crippen LogP contribution in [0.2, 0.25) is 5.02 Å². The quantitative estimate of drug-likeness (QED) is 0.864. The van der Waals surface area contributed by atoms with E-state index in [4.69, 9.17) is 11.6 Å². The number of hydrogen-bond acceptors (Lipinski definition) is 4. The van der Waals surface area contributed by atoms with E-state index in [0.29, 0.717) is 12.8 Å². The predicted octanol–water partition coefficient (Wildman–Crippen LogP) is 2.32. The lowest BCUT2D eigenvalue weighted by atomic mass is 9.80. The van der Waals surface area contributed by atoms with Gasteiger partial charge in [-0.3, -0.25) is 4.79 Å². The van der Waals surface area contributed by atoms with Crippen molar-refractivity contribution >= 4 is 17.5 Å². The lowest BCUT2D eigenvalue weighted by Crippen LogP contribution is -2.47. The van der Waals surface area contributed by atoms with E-state index >= 15 is 0 Å². The Hall–Kier alpha value is -1.54. The molecule has 22 heavy (non-hydrogen) atoms. The van der Waals surface area contributed by atoms with Crippen molar-refractivity contribution in [2.24, 2.45) is 0 Å². The summed E-state index contributed by atoms with van der Waals surface area (Å²) < 4.78 is 40.6. The fourth-order valence-corrected chi connectivity index (χ4v) is 2.14. The number of ether oxygens (including phenoxy) is 1. The number of halogens is 4. The Balaban J connectivity index is 1.94. The third-order valence-electron chi connectivity index (χ3n) is 3.30. The van der Waals surface area contributed by atoms with Gasteiger partial charge in [0.1, 0.15) is 5.02 Å². The molecule has 2 N–H and O–H groups in total. The van der Waals surface area contributed by atoms with Crippen molar-refractivity contribution in [3.63, 3.8) is 0 Å². The average molecular weight is 339 g/mol. The van der Waals surface area contributed by atoms with Crippen LogP contribution in [0.3, 0.4) is 0 Å². The van der Waals surface area contributed by atoms with Crippen LogP contribution >= 0.6 is 11.6 Å². The number of alkyl halides is 3. The second kappa shape index (κ2) is 6.29. The molecule has 1 aromatic heterocycles. The molecule has 0 radical (unpaired) electrons. The Morgan fingerprint density at radius 2 is 2.18 bits per heavy atom. The molecular weight excluding hydrogens is 325 g/mol. The summed E-state index contributed by atoms with van der Waals surface area (Å²) in [7, 11) is 0. The molecule has 0 saturated heterocycles. The van der Waals surface area contributed by atoms with Crippen LogP contribution in [-0.2, 0) is 0 Å². The fourth-order valence-electron chi connectivity index (χ4n) is 1.91. The van der Waals surface area contributed by atoms with Gasteiger partial charge >= 0.3 is 6.18 Å². The highest BCUT2D eigenvalue weighted by molar-refractivity contribution is 6.32. The summed E-state index contributed by atoms with van der Waals surface area (Å²) in [5.41, 5.74) is -0.796. The summed E-state index contributed by atoms with van der Waals surface area (Å²) in [6, 6.07) is 1.17. The number of nitrogens with one attached hydrogen (secondary N) is 1. The number of carbonyl (C=O) groups excluding carboxylic acids is 1. The monoisotopic (exact) mass is 338 g/mol. The van der Waals surface area contributed by atoms with Gasteiger partial charge in [0.15, 0.2) is 6.61 Å². The fraction of sp³-hybridized carbons (Fsp3) is 0.538. The Morgan fingerprint density at radius 3 is 2.68 bits per heavy atom. The number of nitrogens with zero attached hydrogens (tertiary/aromatic N) is 1. The molecule has 2 rings (SSSR count). The third-order valence-corrected chi connectivity index (χ3v) is 3.58. The molecule has 0 aromatic carbocycles. The zero-order chi connectivity index (χ0) is 16.4. The zero-order valence-electron chi connectivity index (χ0n) is 11.4. The van der Waals surface area contributed by atoms with Gasteiger partial charge in [-0.05, 0) is 25.3 Å². The average Bonchev–Trinajstić information content (AvgIpc) is 2.40. The van der Waals surface area contributed by atoms with Crippen LogP contribution in [0.4, 0.5) is 13.2 Å². The number of carbonyl (C=O) groups is 1. The molecule has 1 aliphatic rings. The largest absolute Gasteiger partial charge is 0.467 e. The Bertz CT molecular complexity index is 562. The van der Waals surface area contributed by atoms with E-state index in [0.717, 1.165) is 12.6 Å². The lowest BCUT2D eigenvalue weighted by Gasteiger charge is -2.36. The van der Waals surface area contributed by atoms with Crippen molar-refractivity contribution in [1.29, 1.82) is 0 Å². The van der Waals surface area contributed by atoms with E-state index in [1.807, 2.05) is 0 Å². The van der Waals surface area contributed by atoms with Crippen molar-refractivity contribution in [3.05, 3.63) is 22.8 Å². The highest BCUT2D eigenvalue weighted by Crippen LogP contribution is 2.30. The molecule has 1 aliphatic carbocycles. The smallest absolute Gasteiger partial charge is 0.422 e. The molecule has 0 unspecified atom stereocenters. The zero-order valence-corrected chi connectivity index (χ0v) is 12.2. The van der Waals surface area contributed by atoms with E-state index < -0.39 is 30.2 Å². The van der Waals surface area contributed by atoms with Crippen LogP contribution in [0.15, 0.2) is 12.3 Å². The maximum absolute atomic E-state index is 12.0. The van der Waals surface area contributed by atoms with Gasteiger partial charge in [-0.1, -0.05) is 11.6 Å². The van der Waals surface area contributed by atoms with Crippen LogP contribution < -0.4 is 10.1 Å². The normalized spacial score (nSPS) is 16.8. The summed E-state index contributed by atoms with van der Waals surface area (Å²) in [5, 5.41) is 12.2. The number of rotatable bonds is 5. The van der Waals surface area contributed by atoms with Crippen molar-refractivity contribution in [3.8, 4) is 5.88 Å². The molecule has 1 fully saturated rings. The molecule has 5 nitrogen and oxygen atoms in total. The van der Waals surface area contributed by atoms with E-state index in [1.54, 1.807) is 0 Å². The van der Waals surface area contributed by atoms with Gasteiger partial charge < -0.3 is 15.2 Å². The first-order chi connectivity index (χ1) is 10.2. The van der Waals surface area contributed by atoms with Gasteiger partial charge in [0, 0.05) is 12.7 Å². The highest BCUT2D eigenvalue weighted by Gasteiger charge is 2.34. The number of aromatic nitrogens is 1. The topological polar surface area (TPSA) is 71.5 Å². The van der Waals surface area contributed by atoms with Crippen molar-refractivity contribution in [2.75, 3.05) is 13.2 Å². The van der Waals surface area contributed by atoms with Crippen LogP contribution in [0.5, 0.6) is 5.88 Å². The number of pyridine rings is 1. The van der Waals surface area contributed by atoms with Gasteiger partial charge in [-0.2, -0.15) is 13.2 Å². The Kier molecular flexibility index (Phi) is 4.81. The molecule has 1 heterocycles. The molecule has 122 valence electrons. The minimum atomic E-state index is -4.50. The maximum Gasteiger partial charge on any atom is 0.422 e. The minimum absolute atomic E-state index is 0.0762. The molecule has 9 heteroatoms. The van der Waals surface area contributed by atoms with Crippen molar-refractivity contribution < 1.29 is 27.8 Å². The van der Waals surface area contributed by atoms with E-state index in [1.165, 1.54) is 6.07 Å². The molecule has 0 spiro atoms. The molecule has 1 saturated carbocycles. The predicted molar refractivity (Wildman–Crippen MR) is 71.9 cm³/mol. The summed E-state index contributed by atoms with van der Waals surface area (Å²) >= 11 is 5.75. The van der Waals surface area contributed by atoms with Gasteiger partial charge in [0.25, 0.3) is 5.91 Å². The lowest BCUT2D eigenvalue weighted by molar-refractivity contribution is -0.154. The van der Waals surface area contributed by atoms with E-state index in [9.17, 15) is 23.1 Å². The SMILES string of the molecule is O=C(NCC1(O)CCC1)c1cnc(OCC(F)(F)F)c(Cl)c1. The second-order valence-electron chi connectivity index (χ2n) is 5.18. The third kappa shape index (κ3) is 4.48. The van der Waals surface area contributed by atoms with Gasteiger partial charge in [0.05, 0.1) is 11.2 Å². The van der Waals surface area contributed by atoms with E-state index in [-0.39, 0.29) is 17.1 Å². The van der Waals surface area contributed by atoms with Gasteiger partial charge in [-0.15, -0.1) is 0 Å². The number of hydrogen-bond donors (Lipinski definition) is 2. The standard InChI is InChI=1S/C13H14ClF3N2O3/c14-9-4-8(5-18-11(9)22-7-13(15,16)17)10(20)19-6-12(21)2-1-3-12/h4-5,21H,1-3,6-7H2,(H,19,20). The van der Waals surface area contributed by atoms with Crippen LogP contribution in [0.1, 0.15) is 29.6 Å². The molecule has 1 amide bonds. The molecular formula is C13H14ClF3N2O3. The first-order valence-corrected chi connectivity index (χ1v) is 6.92. The first kappa shape index (κ1) is 16.8. The van der Waals surface area contributed by atoms with Crippen molar-refractivity contribution in [2.45, 2.75) is 31.0 Å². The van der Waals surface area contributed by atoms with Crippen LogP contribution in [-0.4, -0.2) is 40.9 Å². The summed E-state index contributed by atoms with van der Waals surface area (Å²) in [4.78, 5) is 15.5. The highest BCUT2D eigenvalue weighted by atomic mass is 35.5. The summed E-state index contributed by atoms with van der Waals surface area (Å²) in [6.45, 7) is -1.41. The minimum Gasteiger partial charge on any atom is -0.467 e. The summed E-state index contributed by atoms with van der Waals surface area (Å²) in [5.74, 6) is -0.912. The summed E-state index contributed by atoms with van der Waals surface area (Å²) in [6.07, 6.45) is -1.28. The number of amides is 1.